The molecular formula is C19H22Cl2N2O3S. The lowest BCUT2D eigenvalue weighted by Gasteiger charge is -2.24. The van der Waals surface area contributed by atoms with Crippen LogP contribution in [0.2, 0.25) is 10.0 Å². The lowest BCUT2D eigenvalue weighted by atomic mass is 10.1. The number of anilines is 1. The number of aryl methyl sites for hydroxylation is 2. The van der Waals surface area contributed by atoms with Crippen molar-refractivity contribution in [1.29, 1.82) is 0 Å². The van der Waals surface area contributed by atoms with E-state index in [0.29, 0.717) is 5.69 Å². The Morgan fingerprint density at radius 3 is 2.30 bits per heavy atom. The van der Waals surface area contributed by atoms with E-state index < -0.39 is 10.0 Å². The second kappa shape index (κ2) is 8.61. The Labute approximate surface area is 170 Å². The lowest BCUT2D eigenvalue weighted by molar-refractivity contribution is -0.118. The molecule has 0 fully saturated rings. The highest BCUT2D eigenvalue weighted by Crippen LogP contribution is 2.28. The number of halogens is 2. The van der Waals surface area contributed by atoms with E-state index in [0.717, 1.165) is 15.4 Å². The van der Waals surface area contributed by atoms with Crippen molar-refractivity contribution in [3.63, 3.8) is 0 Å². The average molecular weight is 429 g/mol. The normalized spacial score (nSPS) is 11.7. The predicted octanol–water partition coefficient (Wildman–Crippen LogP) is 4.28. The van der Waals surface area contributed by atoms with Crippen molar-refractivity contribution < 1.29 is 13.2 Å². The van der Waals surface area contributed by atoms with Crippen molar-refractivity contribution in [3.8, 4) is 0 Å². The molecule has 0 aliphatic carbocycles. The van der Waals surface area contributed by atoms with Crippen LogP contribution in [0, 0.1) is 13.8 Å². The second-order valence-corrected chi connectivity index (χ2v) is 8.98. The highest BCUT2D eigenvalue weighted by atomic mass is 35.5. The van der Waals surface area contributed by atoms with Crippen LogP contribution in [0.3, 0.4) is 0 Å². The predicted molar refractivity (Wildman–Crippen MR) is 110 cm³/mol. The van der Waals surface area contributed by atoms with Crippen molar-refractivity contribution in [2.24, 2.45) is 0 Å². The largest absolute Gasteiger partial charge is 0.314 e. The van der Waals surface area contributed by atoms with E-state index in [4.69, 9.17) is 23.2 Å². The maximum atomic E-state index is 12.9. The van der Waals surface area contributed by atoms with E-state index in [1.54, 1.807) is 14.0 Å². The SMILES string of the molecule is CCN(CC(=O)N(C)c1ccc(C)c(C)c1)S(=O)(=O)c1cc(Cl)ccc1Cl. The van der Waals surface area contributed by atoms with Gasteiger partial charge in [0.15, 0.2) is 0 Å². The van der Waals surface area contributed by atoms with Gasteiger partial charge in [0.05, 0.1) is 11.6 Å². The van der Waals surface area contributed by atoms with Gasteiger partial charge >= 0.3 is 0 Å². The number of nitrogens with zero attached hydrogens (tertiary/aromatic N) is 2. The molecule has 5 nitrogen and oxygen atoms in total. The molecule has 0 aliphatic rings. The molecule has 0 unspecified atom stereocenters. The highest BCUT2D eigenvalue weighted by molar-refractivity contribution is 7.89. The zero-order valence-electron chi connectivity index (χ0n) is 15.7. The molecule has 0 radical (unpaired) electrons. The van der Waals surface area contributed by atoms with Gasteiger partial charge in [-0.2, -0.15) is 4.31 Å². The molecule has 2 aromatic rings. The molecule has 8 heteroatoms. The second-order valence-electron chi connectivity index (χ2n) is 6.23. The topological polar surface area (TPSA) is 57.7 Å². The highest BCUT2D eigenvalue weighted by Gasteiger charge is 2.29. The molecule has 0 spiro atoms. The summed E-state index contributed by atoms with van der Waals surface area (Å²) in [4.78, 5) is 14.0. The molecule has 0 saturated heterocycles. The van der Waals surface area contributed by atoms with Gasteiger partial charge in [-0.05, 0) is 55.3 Å². The minimum atomic E-state index is -3.96. The summed E-state index contributed by atoms with van der Waals surface area (Å²) in [7, 11) is -2.34. The third-order valence-electron chi connectivity index (χ3n) is 4.43. The summed E-state index contributed by atoms with van der Waals surface area (Å²) in [6, 6.07) is 9.88. The number of likely N-dealkylation sites (N-methyl/N-ethyl adjacent to an activating group) is 2. The Morgan fingerprint density at radius 2 is 1.70 bits per heavy atom. The van der Waals surface area contributed by atoms with E-state index in [-0.39, 0.29) is 33.9 Å². The van der Waals surface area contributed by atoms with Gasteiger partial charge in [0.1, 0.15) is 4.90 Å². The summed E-state index contributed by atoms with van der Waals surface area (Å²) in [6.07, 6.45) is 0. The summed E-state index contributed by atoms with van der Waals surface area (Å²) >= 11 is 12.0. The van der Waals surface area contributed by atoms with Crippen LogP contribution in [-0.2, 0) is 14.8 Å². The fourth-order valence-electron chi connectivity index (χ4n) is 2.52. The molecule has 0 bridgehead atoms. The van der Waals surface area contributed by atoms with Crippen LogP contribution in [0.4, 0.5) is 5.69 Å². The third-order valence-corrected chi connectivity index (χ3v) is 7.06. The number of hydrogen-bond acceptors (Lipinski definition) is 3. The first-order valence-electron chi connectivity index (χ1n) is 8.37. The van der Waals surface area contributed by atoms with Crippen molar-refractivity contribution in [2.75, 3.05) is 25.0 Å². The Bertz CT molecular complexity index is 961. The Hall–Kier alpha value is -1.60. The number of benzene rings is 2. The van der Waals surface area contributed by atoms with E-state index in [9.17, 15) is 13.2 Å². The van der Waals surface area contributed by atoms with Gasteiger partial charge < -0.3 is 4.90 Å². The van der Waals surface area contributed by atoms with Crippen LogP contribution in [0.25, 0.3) is 0 Å². The van der Waals surface area contributed by atoms with E-state index >= 15 is 0 Å². The molecule has 0 atom stereocenters. The number of hydrogen-bond donors (Lipinski definition) is 0. The molecule has 0 aliphatic heterocycles. The van der Waals surface area contributed by atoms with Gasteiger partial charge in [-0.3, -0.25) is 4.79 Å². The van der Waals surface area contributed by atoms with Crippen LogP contribution < -0.4 is 4.90 Å². The number of sulfonamides is 1. The molecule has 2 aromatic carbocycles. The van der Waals surface area contributed by atoms with E-state index in [2.05, 4.69) is 0 Å². The standard InChI is InChI=1S/C19H22Cl2N2O3S/c1-5-23(27(25,26)18-11-15(20)7-9-17(18)21)12-19(24)22(4)16-8-6-13(2)14(3)10-16/h6-11H,5,12H2,1-4H3. The maximum Gasteiger partial charge on any atom is 0.245 e. The summed E-state index contributed by atoms with van der Waals surface area (Å²) in [5.74, 6) is -0.346. The first-order valence-corrected chi connectivity index (χ1v) is 10.6. The fraction of sp³-hybridized carbons (Fsp3) is 0.316. The molecule has 27 heavy (non-hydrogen) atoms. The first kappa shape index (κ1) is 21.7. The van der Waals surface area contributed by atoms with Gasteiger partial charge in [0, 0.05) is 24.3 Å². The molecule has 0 saturated carbocycles. The van der Waals surface area contributed by atoms with Gasteiger partial charge in [-0.1, -0.05) is 36.2 Å². The Morgan fingerprint density at radius 1 is 1.04 bits per heavy atom. The third kappa shape index (κ3) is 4.82. The summed E-state index contributed by atoms with van der Waals surface area (Å²) in [6.45, 7) is 5.43. The lowest BCUT2D eigenvalue weighted by Crippen LogP contribution is -2.41. The maximum absolute atomic E-state index is 12.9. The van der Waals surface area contributed by atoms with E-state index in [1.807, 2.05) is 32.0 Å². The minimum Gasteiger partial charge on any atom is -0.314 e. The zero-order valence-corrected chi connectivity index (χ0v) is 18.0. The van der Waals surface area contributed by atoms with Crippen LogP contribution >= 0.6 is 23.2 Å². The number of amides is 1. The zero-order chi connectivity index (χ0) is 20.4. The molecule has 146 valence electrons. The minimum absolute atomic E-state index is 0.0628. The van der Waals surface area contributed by atoms with Crippen LogP contribution in [0.15, 0.2) is 41.3 Å². The van der Waals surface area contributed by atoms with Gasteiger partial charge in [0.2, 0.25) is 15.9 Å². The van der Waals surface area contributed by atoms with Crippen LogP contribution in [0.5, 0.6) is 0 Å². The van der Waals surface area contributed by atoms with Gasteiger partial charge in [-0.15, -0.1) is 0 Å². The fourth-order valence-corrected chi connectivity index (χ4v) is 4.65. The molecule has 0 N–H and O–H groups in total. The quantitative estimate of drug-likeness (QED) is 0.689. The average Bonchev–Trinajstić information content (AvgIpc) is 2.62. The van der Waals surface area contributed by atoms with Crippen molar-refractivity contribution in [1.82, 2.24) is 4.31 Å². The van der Waals surface area contributed by atoms with Gasteiger partial charge in [-0.25, -0.2) is 8.42 Å². The Balaban J connectivity index is 2.28. The van der Waals surface area contributed by atoms with Crippen LogP contribution in [0.1, 0.15) is 18.1 Å². The van der Waals surface area contributed by atoms with E-state index in [1.165, 1.54) is 23.1 Å². The molecule has 2 rings (SSSR count). The number of rotatable bonds is 6. The number of carbonyl (C=O) groups excluding carboxylic acids is 1. The van der Waals surface area contributed by atoms with Crippen molar-refractivity contribution in [3.05, 3.63) is 57.6 Å². The molecular weight excluding hydrogens is 407 g/mol. The van der Waals surface area contributed by atoms with Crippen LogP contribution in [-0.4, -0.2) is 38.8 Å². The summed E-state index contributed by atoms with van der Waals surface area (Å²) < 4.78 is 27.0. The monoisotopic (exact) mass is 428 g/mol. The summed E-state index contributed by atoms with van der Waals surface area (Å²) in [5, 5.41) is 0.320. The van der Waals surface area contributed by atoms with Crippen molar-refractivity contribution in [2.45, 2.75) is 25.7 Å². The molecule has 1 amide bonds. The summed E-state index contributed by atoms with van der Waals surface area (Å²) in [5.41, 5.74) is 2.88. The Kier molecular flexibility index (Phi) is 6.92. The smallest absolute Gasteiger partial charge is 0.245 e. The first-order chi connectivity index (χ1) is 12.6. The van der Waals surface area contributed by atoms with Crippen molar-refractivity contribution >= 4 is 44.8 Å². The molecule has 0 aromatic heterocycles. The number of carbonyl (C=O) groups is 1. The van der Waals surface area contributed by atoms with Gasteiger partial charge in [0.25, 0.3) is 0 Å². The molecule has 0 heterocycles.